The van der Waals surface area contributed by atoms with Gasteiger partial charge in [0.2, 0.25) is 0 Å². The average Bonchev–Trinajstić information content (AvgIpc) is 3.10. The van der Waals surface area contributed by atoms with Crippen molar-refractivity contribution in [2.45, 2.75) is 18.4 Å². The monoisotopic (exact) mass is 320 g/mol. The van der Waals surface area contributed by atoms with Gasteiger partial charge in [-0.1, -0.05) is 42.5 Å². The van der Waals surface area contributed by atoms with Crippen LogP contribution in [0, 0.1) is 5.92 Å². The van der Waals surface area contributed by atoms with Crippen LogP contribution in [0.4, 0.5) is 5.69 Å². The number of carbonyl (C=O) groups excluding carboxylic acids is 1. The molecule has 0 saturated heterocycles. The number of phenols is 1. The van der Waals surface area contributed by atoms with E-state index in [1.165, 1.54) is 0 Å². The van der Waals surface area contributed by atoms with Gasteiger partial charge in [0.1, 0.15) is 5.75 Å². The van der Waals surface area contributed by atoms with Crippen LogP contribution in [0.5, 0.6) is 5.75 Å². The van der Waals surface area contributed by atoms with E-state index in [0.717, 1.165) is 23.2 Å². The fourth-order valence-corrected chi connectivity index (χ4v) is 4.00. The van der Waals surface area contributed by atoms with Crippen molar-refractivity contribution >= 4 is 11.6 Å². The maximum absolute atomic E-state index is 12.3. The lowest BCUT2D eigenvalue weighted by molar-refractivity contribution is 0.0963. The molecule has 4 rings (SSSR count). The molecule has 4 heteroatoms. The first-order chi connectivity index (χ1) is 11.7. The van der Waals surface area contributed by atoms with Crippen molar-refractivity contribution in [3.63, 3.8) is 0 Å². The number of aromatic hydroxyl groups is 1. The minimum Gasteiger partial charge on any atom is -0.508 e. The van der Waals surface area contributed by atoms with Crippen molar-refractivity contribution in [3.05, 3.63) is 71.3 Å². The Bertz CT molecular complexity index is 828. The van der Waals surface area contributed by atoms with Crippen molar-refractivity contribution < 1.29 is 9.90 Å². The average molecular weight is 320 g/mol. The number of allylic oxidation sites excluding steroid dienone is 2. The Hall–Kier alpha value is -2.75. The quantitative estimate of drug-likeness (QED) is 0.741. The normalized spacial score (nSPS) is 24.0. The second-order valence-electron chi connectivity index (χ2n) is 6.38. The number of fused-ring (bicyclic) bond motifs is 3. The molecule has 1 amide bonds. The molecule has 1 aliphatic heterocycles. The van der Waals surface area contributed by atoms with Gasteiger partial charge in [-0.15, -0.1) is 0 Å². The lowest BCUT2D eigenvalue weighted by atomic mass is 9.76. The number of amides is 1. The molecule has 2 aromatic rings. The number of benzene rings is 2. The summed E-state index contributed by atoms with van der Waals surface area (Å²) >= 11 is 0. The molecular formula is C20H20N2O2. The molecule has 0 saturated carbocycles. The third kappa shape index (κ3) is 2.18. The van der Waals surface area contributed by atoms with E-state index in [1.54, 1.807) is 13.1 Å². The first kappa shape index (κ1) is 14.8. The van der Waals surface area contributed by atoms with Crippen LogP contribution in [-0.4, -0.2) is 18.1 Å². The van der Waals surface area contributed by atoms with Gasteiger partial charge in [-0.3, -0.25) is 4.79 Å². The third-order valence-corrected chi connectivity index (χ3v) is 5.14. The number of hydrogen-bond donors (Lipinski definition) is 3. The molecule has 122 valence electrons. The standard InChI is InChI=1S/C20H20N2O2/c1-21-20(24)16-10-5-9-14-12-7-4-8-13(12)18(22-19(14)16)15-6-2-3-11-17(15)23/h2-7,9-13,18,22-23H,8H2,1H3,(H,21,24). The minimum atomic E-state index is -0.101. The van der Waals surface area contributed by atoms with Crippen LogP contribution in [0.3, 0.4) is 0 Å². The van der Waals surface area contributed by atoms with Gasteiger partial charge in [-0.05, 0) is 30.0 Å². The maximum Gasteiger partial charge on any atom is 0.253 e. The lowest BCUT2D eigenvalue weighted by Gasteiger charge is -2.38. The zero-order valence-electron chi connectivity index (χ0n) is 13.5. The van der Waals surface area contributed by atoms with Crippen molar-refractivity contribution in [2.24, 2.45) is 5.92 Å². The Morgan fingerprint density at radius 1 is 1.17 bits per heavy atom. The highest BCUT2D eigenvalue weighted by Gasteiger charge is 2.39. The summed E-state index contributed by atoms with van der Waals surface area (Å²) in [5, 5.41) is 16.6. The van der Waals surface area contributed by atoms with Crippen LogP contribution >= 0.6 is 0 Å². The van der Waals surface area contributed by atoms with E-state index in [-0.39, 0.29) is 17.9 Å². The van der Waals surface area contributed by atoms with Gasteiger partial charge >= 0.3 is 0 Å². The van der Waals surface area contributed by atoms with Crippen molar-refractivity contribution in [1.29, 1.82) is 0 Å². The topological polar surface area (TPSA) is 61.4 Å². The predicted octanol–water partition coefficient (Wildman–Crippen LogP) is 3.58. The highest BCUT2D eigenvalue weighted by Crippen LogP contribution is 2.51. The zero-order chi connectivity index (χ0) is 16.7. The highest BCUT2D eigenvalue weighted by atomic mass is 16.3. The number of hydrogen-bond acceptors (Lipinski definition) is 3. The molecule has 0 bridgehead atoms. The smallest absolute Gasteiger partial charge is 0.253 e. The lowest BCUT2D eigenvalue weighted by Crippen LogP contribution is -2.31. The molecule has 0 radical (unpaired) electrons. The van der Waals surface area contributed by atoms with E-state index >= 15 is 0 Å². The Kier molecular flexibility index (Phi) is 3.53. The number of para-hydroxylation sites is 2. The first-order valence-corrected chi connectivity index (χ1v) is 8.26. The number of nitrogens with one attached hydrogen (secondary N) is 2. The Balaban J connectivity index is 1.85. The van der Waals surface area contributed by atoms with Gasteiger partial charge in [-0.25, -0.2) is 0 Å². The van der Waals surface area contributed by atoms with Crippen LogP contribution in [0.1, 0.15) is 39.9 Å². The van der Waals surface area contributed by atoms with Crippen LogP contribution in [0.25, 0.3) is 0 Å². The van der Waals surface area contributed by atoms with Gasteiger partial charge in [0.15, 0.2) is 0 Å². The summed E-state index contributed by atoms with van der Waals surface area (Å²) in [7, 11) is 1.64. The summed E-state index contributed by atoms with van der Waals surface area (Å²) in [6.45, 7) is 0. The first-order valence-electron chi connectivity index (χ1n) is 8.26. The van der Waals surface area contributed by atoms with E-state index in [1.807, 2.05) is 30.3 Å². The molecule has 2 aliphatic rings. The Morgan fingerprint density at radius 2 is 1.96 bits per heavy atom. The van der Waals surface area contributed by atoms with Crippen LogP contribution in [-0.2, 0) is 0 Å². The van der Waals surface area contributed by atoms with Gasteiger partial charge in [0.05, 0.1) is 17.3 Å². The van der Waals surface area contributed by atoms with Gasteiger partial charge in [-0.2, -0.15) is 0 Å². The van der Waals surface area contributed by atoms with Crippen LogP contribution < -0.4 is 10.6 Å². The largest absolute Gasteiger partial charge is 0.508 e. The molecule has 24 heavy (non-hydrogen) atoms. The minimum absolute atomic E-state index is 0.0236. The molecule has 0 fully saturated rings. The van der Waals surface area contributed by atoms with E-state index in [0.29, 0.717) is 17.2 Å². The predicted molar refractivity (Wildman–Crippen MR) is 94.3 cm³/mol. The van der Waals surface area contributed by atoms with E-state index in [9.17, 15) is 9.90 Å². The molecule has 2 aromatic carbocycles. The summed E-state index contributed by atoms with van der Waals surface area (Å²) in [6, 6.07) is 13.3. The maximum atomic E-state index is 12.3. The fraction of sp³-hybridized carbons (Fsp3) is 0.250. The summed E-state index contributed by atoms with van der Waals surface area (Å²) < 4.78 is 0. The molecule has 1 heterocycles. The molecule has 3 atom stereocenters. The van der Waals surface area contributed by atoms with Gasteiger partial charge in [0.25, 0.3) is 5.91 Å². The van der Waals surface area contributed by atoms with E-state index < -0.39 is 0 Å². The molecule has 3 unspecified atom stereocenters. The number of anilines is 1. The van der Waals surface area contributed by atoms with Crippen molar-refractivity contribution in [2.75, 3.05) is 12.4 Å². The molecule has 0 aromatic heterocycles. The Morgan fingerprint density at radius 3 is 2.75 bits per heavy atom. The molecule has 0 spiro atoms. The van der Waals surface area contributed by atoms with E-state index in [2.05, 4.69) is 28.9 Å². The van der Waals surface area contributed by atoms with Crippen molar-refractivity contribution in [1.82, 2.24) is 5.32 Å². The van der Waals surface area contributed by atoms with E-state index in [4.69, 9.17) is 0 Å². The summed E-state index contributed by atoms with van der Waals surface area (Å²) in [4.78, 5) is 12.3. The Labute approximate surface area is 141 Å². The number of carbonyl (C=O) groups is 1. The summed E-state index contributed by atoms with van der Waals surface area (Å²) in [5.74, 6) is 0.790. The molecule has 1 aliphatic carbocycles. The summed E-state index contributed by atoms with van der Waals surface area (Å²) in [6.07, 6.45) is 5.39. The zero-order valence-corrected chi connectivity index (χ0v) is 13.5. The molecular weight excluding hydrogens is 300 g/mol. The number of phenolic OH excluding ortho intramolecular Hbond substituents is 1. The number of rotatable bonds is 2. The molecule has 3 N–H and O–H groups in total. The fourth-order valence-electron chi connectivity index (χ4n) is 4.00. The third-order valence-electron chi connectivity index (χ3n) is 5.14. The van der Waals surface area contributed by atoms with Crippen LogP contribution in [0.15, 0.2) is 54.6 Å². The highest BCUT2D eigenvalue weighted by molar-refractivity contribution is 6.00. The van der Waals surface area contributed by atoms with Gasteiger partial charge in [0, 0.05) is 18.5 Å². The molecule has 4 nitrogen and oxygen atoms in total. The second-order valence-corrected chi connectivity index (χ2v) is 6.38. The van der Waals surface area contributed by atoms with Crippen molar-refractivity contribution in [3.8, 4) is 5.75 Å². The van der Waals surface area contributed by atoms with Gasteiger partial charge < -0.3 is 15.7 Å². The summed E-state index contributed by atoms with van der Waals surface area (Å²) in [5.41, 5.74) is 3.56. The van der Waals surface area contributed by atoms with Crippen LogP contribution in [0.2, 0.25) is 0 Å². The second kappa shape index (κ2) is 5.71. The SMILES string of the molecule is CNC(=O)c1cccc2c1NC(c1ccccc1O)C1CC=CC21.